The maximum absolute atomic E-state index is 5.97. The first-order chi connectivity index (χ1) is 8.15. The summed E-state index contributed by atoms with van der Waals surface area (Å²) in [5, 5.41) is 4.71. The molecule has 0 amide bonds. The van der Waals surface area contributed by atoms with E-state index in [1.165, 1.54) is 0 Å². The molecular weight excluding hydrogens is 232 g/mol. The average Bonchev–Trinajstić information content (AvgIpc) is 2.27. The first kappa shape index (κ1) is 12.2. The van der Waals surface area contributed by atoms with E-state index < -0.39 is 0 Å². The molecule has 0 aliphatic heterocycles. The van der Waals surface area contributed by atoms with E-state index in [2.05, 4.69) is 29.4 Å². The summed E-state index contributed by atoms with van der Waals surface area (Å²) >= 11 is 5.97. The number of hydrogen-bond donors (Lipinski definition) is 1. The van der Waals surface area contributed by atoms with E-state index in [1.54, 1.807) is 0 Å². The molecule has 2 nitrogen and oxygen atoms in total. The number of alkyl halides is 1. The van der Waals surface area contributed by atoms with Crippen molar-refractivity contribution in [2.45, 2.75) is 31.7 Å². The lowest BCUT2D eigenvalue weighted by Gasteiger charge is -2.15. The van der Waals surface area contributed by atoms with Gasteiger partial charge in [-0.2, -0.15) is 0 Å². The second kappa shape index (κ2) is 5.37. The number of nitrogens with zero attached hydrogens (tertiary/aromatic N) is 1. The fourth-order valence-electron chi connectivity index (χ4n) is 1.94. The SMILES string of the molecule is CC(Cl)CC(C)Nc1ccc2ccccc2n1. The predicted molar refractivity (Wildman–Crippen MR) is 74.8 cm³/mol. The molecule has 2 atom stereocenters. The number of hydrogen-bond acceptors (Lipinski definition) is 2. The lowest BCUT2D eigenvalue weighted by molar-refractivity contribution is 0.694. The van der Waals surface area contributed by atoms with Gasteiger partial charge in [0.25, 0.3) is 0 Å². The summed E-state index contributed by atoms with van der Waals surface area (Å²) in [7, 11) is 0. The highest BCUT2D eigenvalue weighted by atomic mass is 35.5. The summed E-state index contributed by atoms with van der Waals surface area (Å²) in [6.45, 7) is 4.13. The van der Waals surface area contributed by atoms with E-state index in [1.807, 2.05) is 31.2 Å². The zero-order valence-corrected chi connectivity index (χ0v) is 10.9. The van der Waals surface area contributed by atoms with E-state index in [-0.39, 0.29) is 5.38 Å². The van der Waals surface area contributed by atoms with E-state index in [0.29, 0.717) is 6.04 Å². The highest BCUT2D eigenvalue weighted by molar-refractivity contribution is 6.20. The Morgan fingerprint density at radius 2 is 1.94 bits per heavy atom. The number of halogens is 1. The molecule has 0 aliphatic carbocycles. The van der Waals surface area contributed by atoms with Crippen molar-refractivity contribution in [1.82, 2.24) is 4.98 Å². The molecule has 17 heavy (non-hydrogen) atoms. The number of pyridine rings is 1. The van der Waals surface area contributed by atoms with Crippen LogP contribution in [0.3, 0.4) is 0 Å². The predicted octanol–water partition coefficient (Wildman–Crippen LogP) is 4.05. The highest BCUT2D eigenvalue weighted by Crippen LogP contribution is 2.16. The van der Waals surface area contributed by atoms with Crippen molar-refractivity contribution in [3.8, 4) is 0 Å². The van der Waals surface area contributed by atoms with E-state index in [9.17, 15) is 0 Å². The lowest BCUT2D eigenvalue weighted by Crippen LogP contribution is -2.19. The molecule has 2 rings (SSSR count). The van der Waals surface area contributed by atoms with Gasteiger partial charge in [-0.25, -0.2) is 4.98 Å². The van der Waals surface area contributed by atoms with Crippen molar-refractivity contribution in [3.63, 3.8) is 0 Å². The third-order valence-electron chi connectivity index (χ3n) is 2.67. The fraction of sp³-hybridized carbons (Fsp3) is 0.357. The average molecular weight is 249 g/mol. The van der Waals surface area contributed by atoms with Crippen molar-refractivity contribution in [3.05, 3.63) is 36.4 Å². The van der Waals surface area contributed by atoms with Gasteiger partial charge in [0.15, 0.2) is 0 Å². The van der Waals surface area contributed by atoms with Gasteiger partial charge < -0.3 is 5.32 Å². The monoisotopic (exact) mass is 248 g/mol. The summed E-state index contributed by atoms with van der Waals surface area (Å²) < 4.78 is 0. The second-order valence-electron chi connectivity index (χ2n) is 4.45. The Morgan fingerprint density at radius 1 is 1.18 bits per heavy atom. The first-order valence-electron chi connectivity index (χ1n) is 5.91. The summed E-state index contributed by atoms with van der Waals surface area (Å²) in [5.41, 5.74) is 1.02. The number of fused-ring (bicyclic) bond motifs is 1. The number of aromatic nitrogens is 1. The number of nitrogens with one attached hydrogen (secondary N) is 1. The van der Waals surface area contributed by atoms with Crippen molar-refractivity contribution in [2.24, 2.45) is 0 Å². The third-order valence-corrected chi connectivity index (χ3v) is 2.85. The minimum absolute atomic E-state index is 0.179. The normalized spacial score (nSPS) is 14.5. The molecule has 2 aromatic rings. The minimum atomic E-state index is 0.179. The number of para-hydroxylation sites is 1. The van der Waals surface area contributed by atoms with Crippen LogP contribution < -0.4 is 5.32 Å². The molecule has 3 heteroatoms. The summed E-state index contributed by atoms with van der Waals surface area (Å²) in [4.78, 5) is 4.57. The van der Waals surface area contributed by atoms with Crippen LogP contribution in [0.2, 0.25) is 0 Å². The van der Waals surface area contributed by atoms with Gasteiger partial charge in [-0.05, 0) is 38.5 Å². The maximum Gasteiger partial charge on any atom is 0.126 e. The van der Waals surface area contributed by atoms with Crippen LogP contribution >= 0.6 is 11.6 Å². The maximum atomic E-state index is 5.97. The summed E-state index contributed by atoms with van der Waals surface area (Å²) in [6, 6.07) is 12.5. The van der Waals surface area contributed by atoms with E-state index in [0.717, 1.165) is 23.1 Å². The van der Waals surface area contributed by atoms with Crippen molar-refractivity contribution >= 4 is 28.3 Å². The van der Waals surface area contributed by atoms with Gasteiger partial charge in [-0.15, -0.1) is 11.6 Å². The van der Waals surface area contributed by atoms with E-state index >= 15 is 0 Å². The van der Waals surface area contributed by atoms with Crippen LogP contribution in [0, 0.1) is 0 Å². The zero-order valence-electron chi connectivity index (χ0n) is 10.2. The molecular formula is C14H17ClN2. The molecule has 2 unspecified atom stereocenters. The Bertz CT molecular complexity index is 496. The second-order valence-corrected chi connectivity index (χ2v) is 5.20. The van der Waals surface area contributed by atoms with Crippen molar-refractivity contribution in [1.29, 1.82) is 0 Å². The lowest BCUT2D eigenvalue weighted by atomic mass is 10.2. The van der Waals surface area contributed by atoms with Crippen LogP contribution in [0.1, 0.15) is 20.3 Å². The van der Waals surface area contributed by atoms with Gasteiger partial charge in [0.05, 0.1) is 5.52 Å². The zero-order chi connectivity index (χ0) is 12.3. The number of anilines is 1. The molecule has 0 saturated carbocycles. The van der Waals surface area contributed by atoms with E-state index in [4.69, 9.17) is 11.6 Å². The van der Waals surface area contributed by atoms with Crippen molar-refractivity contribution < 1.29 is 0 Å². The quantitative estimate of drug-likeness (QED) is 0.826. The number of rotatable bonds is 4. The first-order valence-corrected chi connectivity index (χ1v) is 6.35. The van der Waals surface area contributed by atoms with Crippen LogP contribution in [0.5, 0.6) is 0 Å². The molecule has 1 N–H and O–H groups in total. The van der Waals surface area contributed by atoms with Crippen LogP contribution in [0.15, 0.2) is 36.4 Å². The molecule has 0 radical (unpaired) electrons. The van der Waals surface area contributed by atoms with Crippen LogP contribution in [0.25, 0.3) is 10.9 Å². The Morgan fingerprint density at radius 3 is 2.71 bits per heavy atom. The highest BCUT2D eigenvalue weighted by Gasteiger charge is 2.06. The van der Waals surface area contributed by atoms with Gasteiger partial charge >= 0.3 is 0 Å². The largest absolute Gasteiger partial charge is 0.368 e. The Labute approximate surface area is 107 Å². The molecule has 1 aromatic heterocycles. The number of benzene rings is 1. The van der Waals surface area contributed by atoms with Crippen molar-refractivity contribution in [2.75, 3.05) is 5.32 Å². The van der Waals surface area contributed by atoms with Gasteiger partial charge in [0.2, 0.25) is 0 Å². The molecule has 0 fully saturated rings. The molecule has 0 bridgehead atoms. The Kier molecular flexibility index (Phi) is 3.85. The molecule has 0 saturated heterocycles. The van der Waals surface area contributed by atoms with Crippen LogP contribution in [0.4, 0.5) is 5.82 Å². The van der Waals surface area contributed by atoms with Crippen LogP contribution in [-0.2, 0) is 0 Å². The van der Waals surface area contributed by atoms with Gasteiger partial charge in [-0.1, -0.05) is 18.2 Å². The molecule has 0 spiro atoms. The molecule has 0 aliphatic rings. The summed E-state index contributed by atoms with van der Waals surface area (Å²) in [5.74, 6) is 0.911. The Hall–Kier alpha value is -1.28. The van der Waals surface area contributed by atoms with Gasteiger partial charge in [0.1, 0.15) is 5.82 Å². The topological polar surface area (TPSA) is 24.9 Å². The fourth-order valence-corrected chi connectivity index (χ4v) is 2.21. The summed E-state index contributed by atoms with van der Waals surface area (Å²) in [6.07, 6.45) is 0.927. The third kappa shape index (κ3) is 3.34. The smallest absolute Gasteiger partial charge is 0.126 e. The molecule has 1 aromatic carbocycles. The Balaban J connectivity index is 2.14. The van der Waals surface area contributed by atoms with Gasteiger partial charge in [0, 0.05) is 16.8 Å². The molecule has 1 heterocycles. The standard InChI is InChI=1S/C14H17ClN2/c1-10(15)9-11(2)16-14-8-7-12-5-3-4-6-13(12)17-14/h3-8,10-11H,9H2,1-2H3,(H,16,17). The van der Waals surface area contributed by atoms with Gasteiger partial charge in [-0.3, -0.25) is 0 Å². The van der Waals surface area contributed by atoms with Crippen LogP contribution in [-0.4, -0.2) is 16.4 Å². The minimum Gasteiger partial charge on any atom is -0.368 e. The molecule has 90 valence electrons.